The van der Waals surface area contributed by atoms with Crippen LogP contribution in [0.1, 0.15) is 34.4 Å². The Labute approximate surface area is 220 Å². The first-order valence-electron chi connectivity index (χ1n) is 11.8. The molecule has 3 heterocycles. The lowest BCUT2D eigenvalue weighted by molar-refractivity contribution is -0.0693. The number of nitrogens with zero attached hydrogens (tertiary/aromatic N) is 4. The fraction of sp³-hybridized carbons (Fsp3) is 0.269. The van der Waals surface area contributed by atoms with Gasteiger partial charge in [0.25, 0.3) is 5.91 Å². The van der Waals surface area contributed by atoms with Crippen LogP contribution in [0.2, 0.25) is 0 Å². The van der Waals surface area contributed by atoms with Crippen LogP contribution in [0.25, 0.3) is 5.57 Å². The van der Waals surface area contributed by atoms with Crippen molar-refractivity contribution in [3.8, 4) is 0 Å². The third kappa shape index (κ3) is 6.67. The lowest BCUT2D eigenvalue weighted by atomic mass is 10.1. The number of pyridine rings is 1. The largest absolute Gasteiger partial charge is 0.444 e. The average molecular weight is 545 g/mol. The molecular formula is C26H24F4N6O3. The number of hydrogen-bond donors (Lipinski definition) is 2. The molecule has 0 saturated carbocycles. The lowest BCUT2D eigenvalue weighted by Gasteiger charge is -2.38. The van der Waals surface area contributed by atoms with Gasteiger partial charge < -0.3 is 24.9 Å². The molecule has 0 bridgehead atoms. The molecule has 2 aromatic heterocycles. The first-order chi connectivity index (χ1) is 18.5. The Bertz CT molecular complexity index is 1370. The summed E-state index contributed by atoms with van der Waals surface area (Å²) in [5, 5.41) is 8.00. The number of H-pyrrole nitrogens is 1. The molecule has 2 amide bonds. The number of halogens is 4. The summed E-state index contributed by atoms with van der Waals surface area (Å²) in [4.78, 5) is 38.5. The van der Waals surface area contributed by atoms with E-state index in [1.54, 1.807) is 31.5 Å². The molecular weight excluding hydrogens is 520 g/mol. The summed E-state index contributed by atoms with van der Waals surface area (Å²) in [7, 11) is 0. The Balaban J connectivity index is 1.42. The SMILES string of the molecule is C[C@H]1CN(C(=O)c2cnc(/C(=C\C(=N)c3ccc(F)cc3)C(F)(F)F)[nH]2)CCN1C(=O)OCc1cccnc1. The highest BCUT2D eigenvalue weighted by Gasteiger charge is 2.38. The molecule has 9 nitrogen and oxygen atoms in total. The predicted octanol–water partition coefficient (Wildman–Crippen LogP) is 4.44. The number of amides is 2. The molecule has 1 saturated heterocycles. The molecule has 39 heavy (non-hydrogen) atoms. The molecule has 0 spiro atoms. The maximum atomic E-state index is 13.8. The summed E-state index contributed by atoms with van der Waals surface area (Å²) in [5.41, 5.74) is -1.14. The number of ether oxygens (including phenoxy) is 1. The van der Waals surface area contributed by atoms with Crippen molar-refractivity contribution in [2.24, 2.45) is 0 Å². The number of aromatic amines is 1. The van der Waals surface area contributed by atoms with Gasteiger partial charge in [0.2, 0.25) is 0 Å². The molecule has 0 aliphatic carbocycles. The highest BCUT2D eigenvalue weighted by molar-refractivity contribution is 6.10. The summed E-state index contributed by atoms with van der Waals surface area (Å²) in [5.74, 6) is -1.81. The second kappa shape index (κ2) is 11.5. The first-order valence-corrected chi connectivity index (χ1v) is 11.8. The summed E-state index contributed by atoms with van der Waals surface area (Å²) in [6, 6.07) is 7.53. The highest BCUT2D eigenvalue weighted by atomic mass is 19.4. The third-order valence-electron chi connectivity index (χ3n) is 6.04. The van der Waals surface area contributed by atoms with E-state index in [0.29, 0.717) is 6.08 Å². The quantitative estimate of drug-likeness (QED) is 0.352. The van der Waals surface area contributed by atoms with E-state index in [0.717, 1.165) is 23.9 Å². The van der Waals surface area contributed by atoms with E-state index >= 15 is 0 Å². The van der Waals surface area contributed by atoms with Gasteiger partial charge in [-0.15, -0.1) is 0 Å². The van der Waals surface area contributed by atoms with Crippen LogP contribution in [-0.2, 0) is 11.3 Å². The van der Waals surface area contributed by atoms with Gasteiger partial charge in [-0.05, 0) is 48.9 Å². The summed E-state index contributed by atoms with van der Waals surface area (Å²) >= 11 is 0. The van der Waals surface area contributed by atoms with E-state index in [1.165, 1.54) is 21.9 Å². The number of piperazine rings is 1. The van der Waals surface area contributed by atoms with Crippen LogP contribution < -0.4 is 0 Å². The predicted molar refractivity (Wildman–Crippen MR) is 132 cm³/mol. The Morgan fingerprint density at radius 2 is 1.92 bits per heavy atom. The van der Waals surface area contributed by atoms with Crippen molar-refractivity contribution in [3.63, 3.8) is 0 Å². The van der Waals surface area contributed by atoms with Gasteiger partial charge in [0.15, 0.2) is 0 Å². The molecule has 204 valence electrons. The highest BCUT2D eigenvalue weighted by Crippen LogP contribution is 2.33. The Hall–Kier alpha value is -4.55. The smallest absolute Gasteiger partial charge is 0.420 e. The van der Waals surface area contributed by atoms with Crippen molar-refractivity contribution in [2.75, 3.05) is 19.6 Å². The van der Waals surface area contributed by atoms with Crippen LogP contribution in [0.4, 0.5) is 22.4 Å². The van der Waals surface area contributed by atoms with Gasteiger partial charge in [0.05, 0.1) is 11.9 Å². The lowest BCUT2D eigenvalue weighted by Crippen LogP contribution is -2.55. The van der Waals surface area contributed by atoms with Crippen LogP contribution in [-0.4, -0.2) is 74.3 Å². The Morgan fingerprint density at radius 3 is 2.56 bits per heavy atom. The third-order valence-corrected chi connectivity index (χ3v) is 6.04. The van der Waals surface area contributed by atoms with Gasteiger partial charge >= 0.3 is 12.3 Å². The number of aromatic nitrogens is 3. The summed E-state index contributed by atoms with van der Waals surface area (Å²) < 4.78 is 59.9. The van der Waals surface area contributed by atoms with Crippen molar-refractivity contribution < 1.29 is 31.9 Å². The number of hydrogen-bond acceptors (Lipinski definition) is 6. The number of imidazole rings is 1. The fourth-order valence-corrected chi connectivity index (χ4v) is 4.00. The molecule has 1 aliphatic heterocycles. The number of allylic oxidation sites excluding steroid dienone is 2. The first kappa shape index (κ1) is 27.5. The van der Waals surface area contributed by atoms with Gasteiger partial charge in [-0.3, -0.25) is 9.78 Å². The molecule has 1 aromatic carbocycles. The van der Waals surface area contributed by atoms with E-state index in [9.17, 15) is 27.2 Å². The molecule has 13 heteroatoms. The van der Waals surface area contributed by atoms with Gasteiger partial charge in [-0.25, -0.2) is 14.2 Å². The summed E-state index contributed by atoms with van der Waals surface area (Å²) in [6.45, 7) is 2.21. The van der Waals surface area contributed by atoms with Crippen molar-refractivity contribution in [3.05, 3.63) is 89.5 Å². The van der Waals surface area contributed by atoms with Crippen molar-refractivity contribution in [1.29, 1.82) is 5.41 Å². The average Bonchev–Trinajstić information content (AvgIpc) is 3.39. The minimum atomic E-state index is -4.89. The van der Waals surface area contributed by atoms with Crippen LogP contribution >= 0.6 is 0 Å². The van der Waals surface area contributed by atoms with E-state index in [4.69, 9.17) is 10.1 Å². The van der Waals surface area contributed by atoms with Gasteiger partial charge in [0, 0.05) is 43.6 Å². The van der Waals surface area contributed by atoms with Crippen molar-refractivity contribution in [1.82, 2.24) is 24.8 Å². The number of carbonyl (C=O) groups excluding carboxylic acids is 2. The van der Waals surface area contributed by atoms with E-state index in [2.05, 4.69) is 15.0 Å². The number of nitrogens with one attached hydrogen (secondary N) is 2. The maximum absolute atomic E-state index is 13.8. The standard InChI is InChI=1S/C26H24F4N6O3/c1-16-14-35(9-10-36(16)25(38)39-15-17-3-2-8-32-12-17)24(37)22-13-33-23(34-22)20(26(28,29)30)11-21(31)18-4-6-19(27)7-5-18/h2-8,11-13,16,31H,9-10,14-15H2,1H3,(H,33,34)/b20-11+,31-21?/t16-/m0/s1. The molecule has 2 N–H and O–H groups in total. The molecule has 1 aliphatic rings. The number of alkyl halides is 3. The number of benzene rings is 1. The van der Waals surface area contributed by atoms with Crippen molar-refractivity contribution in [2.45, 2.75) is 25.7 Å². The Morgan fingerprint density at radius 1 is 1.18 bits per heavy atom. The number of carbonyl (C=O) groups is 2. The molecule has 3 aromatic rings. The van der Waals surface area contributed by atoms with E-state index < -0.39 is 47.1 Å². The number of rotatable bonds is 6. The van der Waals surface area contributed by atoms with E-state index in [1.807, 2.05) is 0 Å². The van der Waals surface area contributed by atoms with Crippen LogP contribution in [0, 0.1) is 11.2 Å². The van der Waals surface area contributed by atoms with E-state index in [-0.39, 0.29) is 37.5 Å². The minimum Gasteiger partial charge on any atom is -0.444 e. The normalized spacial score (nSPS) is 16.2. The monoisotopic (exact) mass is 544 g/mol. The zero-order valence-electron chi connectivity index (χ0n) is 20.7. The van der Waals surface area contributed by atoms with Crippen LogP contribution in [0.3, 0.4) is 0 Å². The molecule has 0 unspecified atom stereocenters. The minimum absolute atomic E-state index is 0.0448. The topological polar surface area (TPSA) is 115 Å². The second-order valence-corrected chi connectivity index (χ2v) is 8.83. The molecule has 1 fully saturated rings. The zero-order valence-corrected chi connectivity index (χ0v) is 20.7. The van der Waals surface area contributed by atoms with Gasteiger partial charge in [0.1, 0.15) is 29.5 Å². The van der Waals surface area contributed by atoms with Gasteiger partial charge in [-0.2, -0.15) is 13.2 Å². The van der Waals surface area contributed by atoms with Crippen molar-refractivity contribution >= 4 is 23.3 Å². The summed E-state index contributed by atoms with van der Waals surface area (Å²) in [6.07, 6.45) is -0.689. The Kier molecular flexibility index (Phi) is 8.07. The molecule has 4 rings (SSSR count). The van der Waals surface area contributed by atoms with Crippen LogP contribution in [0.15, 0.2) is 61.1 Å². The molecule has 0 radical (unpaired) electrons. The second-order valence-electron chi connectivity index (χ2n) is 8.83. The fourth-order valence-electron chi connectivity index (χ4n) is 4.00. The molecule has 1 atom stereocenters. The van der Waals surface area contributed by atoms with Gasteiger partial charge in [-0.1, -0.05) is 6.07 Å². The zero-order chi connectivity index (χ0) is 28.2. The van der Waals surface area contributed by atoms with Crippen LogP contribution in [0.5, 0.6) is 0 Å². The maximum Gasteiger partial charge on any atom is 0.420 e.